The number of amides is 1. The van der Waals surface area contributed by atoms with Gasteiger partial charge in [0.05, 0.1) is 6.61 Å². The zero-order chi connectivity index (χ0) is 27.9. The third kappa shape index (κ3) is 8.18. The van der Waals surface area contributed by atoms with Crippen LogP contribution in [0.1, 0.15) is 40.4 Å². The molecule has 1 atom stereocenters. The second-order valence-corrected chi connectivity index (χ2v) is 9.68. The van der Waals surface area contributed by atoms with Gasteiger partial charge in [0, 0.05) is 17.5 Å². The molecule has 1 aliphatic rings. The Hall–Kier alpha value is -3.63. The van der Waals surface area contributed by atoms with Gasteiger partial charge in [0.15, 0.2) is 23.9 Å². The smallest absolute Gasteiger partial charge is 0.387 e. The molecule has 206 valence electrons. The molecule has 0 bridgehead atoms. The first kappa shape index (κ1) is 28.4. The number of hydrogen-bond donors (Lipinski definition) is 1. The third-order valence-corrected chi connectivity index (χ3v) is 6.53. The van der Waals surface area contributed by atoms with E-state index in [0.29, 0.717) is 33.9 Å². The molecule has 1 heterocycles. The zero-order valence-corrected chi connectivity index (χ0v) is 22.0. The number of pyridine rings is 1. The molecule has 1 fully saturated rings. The van der Waals surface area contributed by atoms with Crippen molar-refractivity contribution in [2.24, 2.45) is 5.92 Å². The van der Waals surface area contributed by atoms with E-state index in [4.69, 9.17) is 32.7 Å². The minimum absolute atomic E-state index is 0.0405. The quantitative estimate of drug-likeness (QED) is 0.178. The van der Waals surface area contributed by atoms with Crippen molar-refractivity contribution in [3.63, 3.8) is 0 Å². The maximum absolute atomic E-state index is 13.0. The van der Waals surface area contributed by atoms with Crippen LogP contribution in [0.15, 0.2) is 60.9 Å². The summed E-state index contributed by atoms with van der Waals surface area (Å²) in [6.45, 7) is -3.20. The van der Waals surface area contributed by atoms with E-state index in [1.165, 1.54) is 18.2 Å². The van der Waals surface area contributed by atoms with Crippen LogP contribution in [0, 0.1) is 11.1 Å². The van der Waals surface area contributed by atoms with Crippen LogP contribution in [0.5, 0.6) is 11.5 Å². The van der Waals surface area contributed by atoms with Crippen molar-refractivity contribution in [3.05, 3.63) is 92.9 Å². The second-order valence-electron chi connectivity index (χ2n) is 8.86. The predicted octanol–water partition coefficient (Wildman–Crippen LogP) is 5.27. The molecule has 1 N–H and O–H groups in total. The number of nitrogens with zero attached hydrogens (tertiary/aromatic N) is 1. The molecular weight excluding hydrogens is 557 g/mol. The maximum Gasteiger partial charge on any atom is 0.387 e. The lowest BCUT2D eigenvalue weighted by Crippen LogP contribution is -2.31. The Kier molecular flexibility index (Phi) is 9.42. The molecule has 2 aromatic carbocycles. The Morgan fingerprint density at radius 1 is 1.05 bits per heavy atom. The fraction of sp³-hybridized carbons (Fsp3) is 0.296. The first-order valence-corrected chi connectivity index (χ1v) is 12.8. The van der Waals surface area contributed by atoms with E-state index in [0.717, 1.165) is 25.2 Å². The van der Waals surface area contributed by atoms with Gasteiger partial charge < -0.3 is 24.7 Å². The van der Waals surface area contributed by atoms with E-state index in [-0.39, 0.29) is 28.0 Å². The Labute approximate surface area is 233 Å². The Balaban J connectivity index is 1.58. The van der Waals surface area contributed by atoms with Gasteiger partial charge >= 0.3 is 12.6 Å². The number of carbonyl (C=O) groups excluding carboxylic acids is 2. The topological polar surface area (TPSA) is 101 Å². The Morgan fingerprint density at radius 2 is 1.74 bits per heavy atom. The molecule has 0 saturated heterocycles. The van der Waals surface area contributed by atoms with Gasteiger partial charge in [-0.15, -0.1) is 0 Å². The van der Waals surface area contributed by atoms with Crippen molar-refractivity contribution < 1.29 is 37.3 Å². The van der Waals surface area contributed by atoms with E-state index >= 15 is 0 Å². The SMILES string of the molecule is O=C(CNC(=O)c1ccccc1)O[C@@H](Cc1c(Cl)c[n+]([O-])cc1Cl)c1ccc(OC(F)F)c(OCC2CC2)c1. The monoisotopic (exact) mass is 580 g/mol. The van der Waals surface area contributed by atoms with E-state index in [1.54, 1.807) is 30.3 Å². The van der Waals surface area contributed by atoms with Crippen LogP contribution in [0.2, 0.25) is 10.0 Å². The maximum atomic E-state index is 13.0. The minimum Gasteiger partial charge on any atom is -0.619 e. The van der Waals surface area contributed by atoms with Crippen molar-refractivity contribution in [2.75, 3.05) is 13.2 Å². The number of esters is 1. The number of alkyl halides is 2. The third-order valence-electron chi connectivity index (χ3n) is 5.88. The van der Waals surface area contributed by atoms with Gasteiger partial charge in [-0.3, -0.25) is 9.59 Å². The van der Waals surface area contributed by atoms with E-state index in [1.807, 2.05) is 0 Å². The van der Waals surface area contributed by atoms with Crippen LogP contribution in [-0.4, -0.2) is 31.6 Å². The van der Waals surface area contributed by atoms with Crippen molar-refractivity contribution in [3.8, 4) is 11.5 Å². The molecule has 3 aromatic rings. The number of carbonyl (C=O) groups is 2. The van der Waals surface area contributed by atoms with Gasteiger partial charge in [-0.1, -0.05) is 47.5 Å². The van der Waals surface area contributed by atoms with Gasteiger partial charge in [-0.25, -0.2) is 0 Å². The fourth-order valence-electron chi connectivity index (χ4n) is 3.71. The van der Waals surface area contributed by atoms with Crippen molar-refractivity contribution in [1.29, 1.82) is 0 Å². The number of ether oxygens (including phenoxy) is 3. The molecular formula is C27H24Cl2F2N2O6. The summed E-state index contributed by atoms with van der Waals surface area (Å²) in [5.41, 5.74) is 1.06. The lowest BCUT2D eigenvalue weighted by atomic mass is 10.0. The van der Waals surface area contributed by atoms with Gasteiger partial charge in [0.25, 0.3) is 5.91 Å². The van der Waals surface area contributed by atoms with Gasteiger partial charge in [0.1, 0.15) is 22.7 Å². The molecule has 0 radical (unpaired) electrons. The highest BCUT2D eigenvalue weighted by molar-refractivity contribution is 6.35. The largest absolute Gasteiger partial charge is 0.619 e. The van der Waals surface area contributed by atoms with Gasteiger partial charge in [-0.05, 0) is 48.6 Å². The minimum atomic E-state index is -3.07. The summed E-state index contributed by atoms with van der Waals surface area (Å²) in [6, 6.07) is 12.5. The molecule has 1 saturated carbocycles. The summed E-state index contributed by atoms with van der Waals surface area (Å²) < 4.78 is 42.4. The highest BCUT2D eigenvalue weighted by Gasteiger charge is 2.26. The number of aromatic nitrogens is 1. The van der Waals surface area contributed by atoms with Crippen molar-refractivity contribution in [2.45, 2.75) is 32.0 Å². The molecule has 1 aliphatic carbocycles. The molecule has 12 heteroatoms. The molecule has 0 unspecified atom stereocenters. The van der Waals surface area contributed by atoms with Crippen LogP contribution < -0.4 is 19.5 Å². The standard InChI is InChI=1S/C27H24Cl2F2N2O6/c28-20-13-33(36)14-21(29)19(20)11-23(38-25(34)12-32-26(35)17-4-2-1-3-5-17)18-8-9-22(39-27(30)31)24(10-18)37-15-16-6-7-16/h1-5,8-10,13-14,16,23,27H,6-7,11-12,15H2,(H,32,35)/t23-/m0/s1. The van der Waals surface area contributed by atoms with Crippen LogP contribution in [0.25, 0.3) is 0 Å². The van der Waals surface area contributed by atoms with Crippen molar-refractivity contribution in [1.82, 2.24) is 5.32 Å². The lowest BCUT2D eigenvalue weighted by Gasteiger charge is -2.21. The van der Waals surface area contributed by atoms with Gasteiger partial charge in [0.2, 0.25) is 0 Å². The summed E-state index contributed by atoms with van der Waals surface area (Å²) in [5, 5.41) is 14.3. The normalized spacial score (nSPS) is 13.6. The average Bonchev–Trinajstić information content (AvgIpc) is 3.73. The number of rotatable bonds is 12. The van der Waals surface area contributed by atoms with Crippen molar-refractivity contribution >= 4 is 35.1 Å². The van der Waals surface area contributed by atoms with E-state index in [9.17, 15) is 23.6 Å². The highest BCUT2D eigenvalue weighted by Crippen LogP contribution is 2.37. The lowest BCUT2D eigenvalue weighted by molar-refractivity contribution is -0.605. The fourth-order valence-corrected chi connectivity index (χ4v) is 4.30. The molecule has 1 amide bonds. The van der Waals surface area contributed by atoms with Crippen LogP contribution in [0.3, 0.4) is 0 Å². The number of benzene rings is 2. The average molecular weight is 581 g/mol. The first-order valence-electron chi connectivity index (χ1n) is 12.0. The second kappa shape index (κ2) is 12.9. The highest BCUT2D eigenvalue weighted by atomic mass is 35.5. The number of hydrogen-bond acceptors (Lipinski definition) is 6. The van der Waals surface area contributed by atoms with E-state index in [2.05, 4.69) is 10.1 Å². The first-order chi connectivity index (χ1) is 18.7. The number of halogens is 4. The summed E-state index contributed by atoms with van der Waals surface area (Å²) >= 11 is 12.5. The number of nitrogens with one attached hydrogen (secondary N) is 1. The van der Waals surface area contributed by atoms with Crippen LogP contribution >= 0.6 is 23.2 Å². The van der Waals surface area contributed by atoms with Gasteiger partial charge in [-0.2, -0.15) is 13.5 Å². The molecule has 0 aliphatic heterocycles. The zero-order valence-electron chi connectivity index (χ0n) is 20.4. The molecule has 8 nitrogen and oxygen atoms in total. The van der Waals surface area contributed by atoms with Crippen LogP contribution in [0.4, 0.5) is 8.78 Å². The van der Waals surface area contributed by atoms with E-state index < -0.39 is 31.1 Å². The molecule has 39 heavy (non-hydrogen) atoms. The predicted molar refractivity (Wildman–Crippen MR) is 138 cm³/mol. The summed E-state index contributed by atoms with van der Waals surface area (Å²) in [6.07, 6.45) is 3.06. The molecule has 1 aromatic heterocycles. The van der Waals surface area contributed by atoms with Crippen LogP contribution in [-0.2, 0) is 16.0 Å². The Bertz CT molecular complexity index is 1300. The molecule has 0 spiro atoms. The molecule has 4 rings (SSSR count). The summed E-state index contributed by atoms with van der Waals surface area (Å²) in [7, 11) is 0. The Morgan fingerprint density at radius 3 is 2.38 bits per heavy atom. The summed E-state index contributed by atoms with van der Waals surface area (Å²) in [4.78, 5) is 25.1. The summed E-state index contributed by atoms with van der Waals surface area (Å²) in [5.74, 6) is -1.03.